The molecule has 2 aromatic carbocycles. The van der Waals surface area contributed by atoms with E-state index in [2.05, 4.69) is 47.1 Å². The number of aryl methyl sites for hydroxylation is 1. The monoisotopic (exact) mass is 366 g/mol. The van der Waals surface area contributed by atoms with Crippen molar-refractivity contribution >= 4 is 25.8 Å². The molecule has 0 amide bonds. The highest BCUT2D eigenvalue weighted by atomic mass is 79.9. The maximum atomic E-state index is 11.5. The van der Waals surface area contributed by atoms with Crippen LogP contribution in [0.4, 0.5) is 0 Å². The van der Waals surface area contributed by atoms with Gasteiger partial charge >= 0.3 is 0 Å². The molecule has 0 saturated carbocycles. The zero-order valence-electron chi connectivity index (χ0n) is 12.2. The fourth-order valence-electron chi connectivity index (χ4n) is 2.22. The summed E-state index contributed by atoms with van der Waals surface area (Å²) < 4.78 is 22.9. The summed E-state index contributed by atoms with van der Waals surface area (Å²) in [6.07, 6.45) is 3.46. The first-order chi connectivity index (χ1) is 9.91. The minimum Gasteiger partial charge on any atom is -0.224 e. The van der Waals surface area contributed by atoms with Crippen molar-refractivity contribution in [3.05, 3.63) is 65.2 Å². The lowest BCUT2D eigenvalue weighted by atomic mass is 10.0. The second-order valence-corrected chi connectivity index (χ2v) is 8.13. The van der Waals surface area contributed by atoms with Crippen LogP contribution in [0, 0.1) is 0 Å². The van der Waals surface area contributed by atoms with Gasteiger partial charge in [-0.15, -0.1) is 0 Å². The smallest absolute Gasteiger partial charge is 0.175 e. The molecule has 0 aliphatic heterocycles. The van der Waals surface area contributed by atoms with Crippen LogP contribution < -0.4 is 0 Å². The third kappa shape index (κ3) is 4.17. The van der Waals surface area contributed by atoms with Crippen molar-refractivity contribution in [3.63, 3.8) is 0 Å². The Kier molecular flexibility index (Phi) is 5.22. The summed E-state index contributed by atoms with van der Waals surface area (Å²) in [4.78, 5) is 0.422. The summed E-state index contributed by atoms with van der Waals surface area (Å²) in [6.45, 7) is 2.17. The maximum absolute atomic E-state index is 11.5. The lowest BCUT2D eigenvalue weighted by Gasteiger charge is -2.12. The maximum Gasteiger partial charge on any atom is 0.175 e. The normalized spacial score (nSPS) is 13.1. The molecule has 0 bridgehead atoms. The highest BCUT2D eigenvalue weighted by molar-refractivity contribution is 9.09. The molecule has 0 aromatic heterocycles. The van der Waals surface area contributed by atoms with Crippen molar-refractivity contribution in [2.45, 2.75) is 29.5 Å². The topological polar surface area (TPSA) is 34.1 Å². The summed E-state index contributed by atoms with van der Waals surface area (Å²) in [5.41, 5.74) is 3.56. The fourth-order valence-corrected chi connectivity index (χ4v) is 3.46. The molecule has 0 saturated heterocycles. The van der Waals surface area contributed by atoms with Gasteiger partial charge in [0.15, 0.2) is 9.84 Å². The standard InChI is InChI=1S/C17H19BrO2S/c1-3-4-13-5-7-14(8-6-13)17(18)15-9-11-16(12-10-15)21(2,19)20/h5-12,17H,3-4H2,1-2H3. The lowest BCUT2D eigenvalue weighted by Crippen LogP contribution is -1.98. The van der Waals surface area contributed by atoms with Gasteiger partial charge < -0.3 is 0 Å². The van der Waals surface area contributed by atoms with Crippen LogP contribution in [0.3, 0.4) is 0 Å². The predicted molar refractivity (Wildman–Crippen MR) is 90.8 cm³/mol. The molecule has 21 heavy (non-hydrogen) atoms. The Hall–Kier alpha value is -1.13. The SMILES string of the molecule is CCCc1ccc(C(Br)c2ccc(S(C)(=O)=O)cc2)cc1. The minimum atomic E-state index is -3.14. The lowest BCUT2D eigenvalue weighted by molar-refractivity contribution is 0.602. The van der Waals surface area contributed by atoms with Gasteiger partial charge in [-0.3, -0.25) is 0 Å². The number of rotatable bonds is 5. The van der Waals surface area contributed by atoms with Crippen molar-refractivity contribution in [1.29, 1.82) is 0 Å². The van der Waals surface area contributed by atoms with Crippen LogP contribution in [0.25, 0.3) is 0 Å². The molecule has 0 aliphatic carbocycles. The summed E-state index contributed by atoms with van der Waals surface area (Å²) in [7, 11) is -3.14. The highest BCUT2D eigenvalue weighted by Crippen LogP contribution is 2.31. The zero-order chi connectivity index (χ0) is 15.5. The largest absolute Gasteiger partial charge is 0.224 e. The van der Waals surface area contributed by atoms with Crippen LogP contribution in [0.1, 0.15) is 34.9 Å². The number of benzene rings is 2. The van der Waals surface area contributed by atoms with Crippen LogP contribution in [0.5, 0.6) is 0 Å². The Morgan fingerprint density at radius 3 is 1.86 bits per heavy atom. The average molecular weight is 367 g/mol. The first-order valence-electron chi connectivity index (χ1n) is 6.94. The van der Waals surface area contributed by atoms with E-state index in [1.807, 2.05) is 12.1 Å². The van der Waals surface area contributed by atoms with E-state index in [0.717, 1.165) is 18.4 Å². The van der Waals surface area contributed by atoms with Gasteiger partial charge in [0.2, 0.25) is 0 Å². The van der Waals surface area contributed by atoms with Crippen molar-refractivity contribution in [2.24, 2.45) is 0 Å². The first-order valence-corrected chi connectivity index (χ1v) is 9.75. The number of halogens is 1. The Balaban J connectivity index is 2.21. The molecular weight excluding hydrogens is 348 g/mol. The van der Waals surface area contributed by atoms with Gasteiger partial charge in [-0.1, -0.05) is 65.7 Å². The number of sulfone groups is 1. The van der Waals surface area contributed by atoms with Gasteiger partial charge in [-0.25, -0.2) is 8.42 Å². The van der Waals surface area contributed by atoms with Crippen molar-refractivity contribution in [1.82, 2.24) is 0 Å². The van der Waals surface area contributed by atoms with Gasteiger partial charge in [0.05, 0.1) is 9.72 Å². The van der Waals surface area contributed by atoms with E-state index in [-0.39, 0.29) is 4.83 Å². The molecule has 0 heterocycles. The Morgan fingerprint density at radius 1 is 0.952 bits per heavy atom. The molecule has 0 fully saturated rings. The van der Waals surface area contributed by atoms with Crippen molar-refractivity contribution < 1.29 is 8.42 Å². The Morgan fingerprint density at radius 2 is 1.43 bits per heavy atom. The number of alkyl halides is 1. The van der Waals surface area contributed by atoms with Crippen LogP contribution in [-0.2, 0) is 16.3 Å². The van der Waals surface area contributed by atoms with Crippen molar-refractivity contribution in [2.75, 3.05) is 6.26 Å². The molecule has 4 heteroatoms. The molecule has 2 nitrogen and oxygen atoms in total. The van der Waals surface area contributed by atoms with Crippen molar-refractivity contribution in [3.8, 4) is 0 Å². The fraction of sp³-hybridized carbons (Fsp3) is 0.294. The summed E-state index contributed by atoms with van der Waals surface area (Å²) >= 11 is 3.68. The van der Waals surface area contributed by atoms with Crippen LogP contribution in [0.2, 0.25) is 0 Å². The molecule has 0 radical (unpaired) electrons. The third-order valence-electron chi connectivity index (χ3n) is 3.41. The Labute approximate surface area is 135 Å². The third-order valence-corrected chi connectivity index (χ3v) is 5.60. The number of hydrogen-bond donors (Lipinski definition) is 0. The summed E-state index contributed by atoms with van der Waals surface area (Å²) in [5, 5.41) is 0. The second kappa shape index (κ2) is 6.75. The van der Waals surface area contributed by atoms with Gasteiger partial charge in [0.1, 0.15) is 0 Å². The van der Waals surface area contributed by atoms with Crippen LogP contribution in [0.15, 0.2) is 53.4 Å². The number of hydrogen-bond acceptors (Lipinski definition) is 2. The molecule has 1 unspecified atom stereocenters. The molecule has 2 rings (SSSR count). The van der Waals surface area contributed by atoms with Gasteiger partial charge in [-0.2, -0.15) is 0 Å². The summed E-state index contributed by atoms with van der Waals surface area (Å²) in [6, 6.07) is 15.6. The summed E-state index contributed by atoms with van der Waals surface area (Å²) in [5.74, 6) is 0. The molecule has 1 atom stereocenters. The zero-order valence-corrected chi connectivity index (χ0v) is 14.6. The molecule has 2 aromatic rings. The van der Waals surface area contributed by atoms with Gasteiger partial charge in [-0.05, 0) is 35.2 Å². The average Bonchev–Trinajstić information content (AvgIpc) is 2.47. The molecule has 112 valence electrons. The highest BCUT2D eigenvalue weighted by Gasteiger charge is 2.12. The molecule has 0 aliphatic rings. The van der Waals surface area contributed by atoms with E-state index in [9.17, 15) is 8.42 Å². The van der Waals surface area contributed by atoms with Crippen LogP contribution in [-0.4, -0.2) is 14.7 Å². The molecule has 0 N–H and O–H groups in total. The van der Waals surface area contributed by atoms with E-state index in [1.165, 1.54) is 17.4 Å². The predicted octanol–water partition coefficient (Wildman–Crippen LogP) is 4.53. The molecule has 0 spiro atoms. The van der Waals surface area contributed by atoms with E-state index in [4.69, 9.17) is 0 Å². The first kappa shape index (κ1) is 16.2. The van der Waals surface area contributed by atoms with E-state index < -0.39 is 9.84 Å². The van der Waals surface area contributed by atoms with Crippen LogP contribution >= 0.6 is 15.9 Å². The van der Waals surface area contributed by atoms with E-state index in [1.54, 1.807) is 12.1 Å². The Bertz CT molecular complexity index is 689. The van der Waals surface area contributed by atoms with E-state index in [0.29, 0.717) is 4.90 Å². The van der Waals surface area contributed by atoms with E-state index >= 15 is 0 Å². The quantitative estimate of drug-likeness (QED) is 0.728. The van der Waals surface area contributed by atoms with Gasteiger partial charge in [0, 0.05) is 6.26 Å². The van der Waals surface area contributed by atoms with Gasteiger partial charge in [0.25, 0.3) is 0 Å². The second-order valence-electron chi connectivity index (χ2n) is 5.20. The molecular formula is C17H19BrO2S. The minimum absolute atomic E-state index is 0.0711.